The second kappa shape index (κ2) is 8.85. The Balaban J connectivity index is 1.56. The fourth-order valence-corrected chi connectivity index (χ4v) is 4.23. The van der Waals surface area contributed by atoms with Gasteiger partial charge < -0.3 is 14.4 Å². The number of aromatic nitrogens is 4. The molecule has 0 aromatic carbocycles. The van der Waals surface area contributed by atoms with Crippen LogP contribution >= 0.6 is 11.3 Å². The van der Waals surface area contributed by atoms with Gasteiger partial charge in [-0.25, -0.2) is 0 Å². The van der Waals surface area contributed by atoms with Crippen molar-refractivity contribution in [3.05, 3.63) is 75.8 Å². The quantitative estimate of drug-likeness (QED) is 0.451. The Kier molecular flexibility index (Phi) is 5.99. The summed E-state index contributed by atoms with van der Waals surface area (Å²) in [5.74, 6) is 0.762. The third kappa shape index (κ3) is 4.44. The zero-order valence-electron chi connectivity index (χ0n) is 18.0. The summed E-state index contributed by atoms with van der Waals surface area (Å²) in [6.07, 6.45) is 3.37. The number of carbonyl (C=O) groups excluding carboxylic acids is 1. The lowest BCUT2D eigenvalue weighted by molar-refractivity contribution is 0.0913. The van der Waals surface area contributed by atoms with Crippen LogP contribution in [0.2, 0.25) is 0 Å². The number of thiophene rings is 1. The average molecular weight is 436 g/mol. The van der Waals surface area contributed by atoms with Crippen molar-refractivity contribution in [1.29, 1.82) is 0 Å². The smallest absolute Gasteiger partial charge is 0.253 e. The molecule has 1 amide bonds. The fraction of sp³-hybridized carbons (Fsp3) is 0.304. The molecule has 31 heavy (non-hydrogen) atoms. The SMILES string of the molecule is Cc1cc(C(=O)NC(c2nc(-c3cccnc3)no2)C(C)C)c(C)n1Cc1cccs1. The molecule has 1 atom stereocenters. The van der Waals surface area contributed by atoms with Gasteiger partial charge in [0.2, 0.25) is 11.7 Å². The van der Waals surface area contributed by atoms with Crippen molar-refractivity contribution in [2.24, 2.45) is 5.92 Å². The van der Waals surface area contributed by atoms with Gasteiger partial charge in [0.05, 0.1) is 12.1 Å². The molecule has 0 spiro atoms. The minimum atomic E-state index is -0.397. The van der Waals surface area contributed by atoms with E-state index in [0.29, 0.717) is 17.3 Å². The number of nitrogens with zero attached hydrogens (tertiary/aromatic N) is 4. The van der Waals surface area contributed by atoms with Gasteiger partial charge in [-0.05, 0) is 49.4 Å². The van der Waals surface area contributed by atoms with E-state index in [-0.39, 0.29) is 11.8 Å². The zero-order valence-corrected chi connectivity index (χ0v) is 18.8. The maximum Gasteiger partial charge on any atom is 0.253 e. The standard InChI is InChI=1S/C23H25N5O2S/c1-14(2)20(23-26-21(27-30-23)17-7-5-9-24-12-17)25-22(29)19-11-15(3)28(16(19)4)13-18-8-6-10-31-18/h5-12,14,20H,13H2,1-4H3,(H,25,29). The van der Waals surface area contributed by atoms with Gasteiger partial charge in [-0.2, -0.15) is 4.98 Å². The molecule has 4 aromatic rings. The Hall–Kier alpha value is -3.26. The predicted octanol–water partition coefficient (Wildman–Crippen LogP) is 4.79. The monoisotopic (exact) mass is 435 g/mol. The molecule has 4 heterocycles. The van der Waals surface area contributed by atoms with Gasteiger partial charge >= 0.3 is 0 Å². The van der Waals surface area contributed by atoms with Crippen molar-refractivity contribution in [1.82, 2.24) is 25.0 Å². The Labute approximate surface area is 185 Å². The molecule has 4 aromatic heterocycles. The molecule has 1 N–H and O–H groups in total. The molecule has 4 rings (SSSR count). The number of amides is 1. The molecule has 8 heteroatoms. The topological polar surface area (TPSA) is 85.8 Å². The molecule has 7 nitrogen and oxygen atoms in total. The normalized spacial score (nSPS) is 12.3. The lowest BCUT2D eigenvalue weighted by Crippen LogP contribution is -2.32. The van der Waals surface area contributed by atoms with Crippen molar-refractivity contribution in [3.8, 4) is 11.4 Å². The first-order valence-corrected chi connectivity index (χ1v) is 11.1. The third-order valence-electron chi connectivity index (χ3n) is 5.29. The molecule has 0 radical (unpaired) electrons. The van der Waals surface area contributed by atoms with Gasteiger partial charge in [0.25, 0.3) is 5.91 Å². The fourth-order valence-electron chi connectivity index (χ4n) is 3.54. The van der Waals surface area contributed by atoms with E-state index in [1.54, 1.807) is 23.7 Å². The van der Waals surface area contributed by atoms with E-state index in [4.69, 9.17) is 4.52 Å². The molecule has 0 bridgehead atoms. The summed E-state index contributed by atoms with van der Waals surface area (Å²) in [6, 6.07) is 9.37. The van der Waals surface area contributed by atoms with E-state index in [0.717, 1.165) is 23.5 Å². The molecule has 0 saturated carbocycles. The van der Waals surface area contributed by atoms with E-state index in [1.807, 2.05) is 52.0 Å². The minimum Gasteiger partial charge on any atom is -0.343 e. The summed E-state index contributed by atoms with van der Waals surface area (Å²) in [6.45, 7) is 8.79. The Morgan fingerprint density at radius 2 is 2.10 bits per heavy atom. The largest absolute Gasteiger partial charge is 0.343 e. The third-order valence-corrected chi connectivity index (χ3v) is 6.15. The number of aryl methyl sites for hydroxylation is 1. The molecule has 160 valence electrons. The highest BCUT2D eigenvalue weighted by molar-refractivity contribution is 7.09. The summed E-state index contributed by atoms with van der Waals surface area (Å²) < 4.78 is 7.67. The lowest BCUT2D eigenvalue weighted by atomic mass is 10.0. The number of pyridine rings is 1. The molecule has 0 aliphatic carbocycles. The summed E-state index contributed by atoms with van der Waals surface area (Å²) >= 11 is 1.71. The van der Waals surface area contributed by atoms with Crippen LogP contribution in [0.15, 0.2) is 52.6 Å². The van der Waals surface area contributed by atoms with Gasteiger partial charge in [-0.3, -0.25) is 9.78 Å². The molecule has 0 aliphatic heterocycles. The highest BCUT2D eigenvalue weighted by Gasteiger charge is 2.27. The summed E-state index contributed by atoms with van der Waals surface area (Å²) in [5, 5.41) is 9.22. The molecule has 0 aliphatic rings. The van der Waals surface area contributed by atoms with Crippen LogP contribution in [-0.4, -0.2) is 25.6 Å². The van der Waals surface area contributed by atoms with Crippen molar-refractivity contribution < 1.29 is 9.32 Å². The number of nitrogens with one attached hydrogen (secondary N) is 1. The summed E-state index contributed by atoms with van der Waals surface area (Å²) in [5.41, 5.74) is 3.41. The van der Waals surface area contributed by atoms with Crippen LogP contribution in [-0.2, 0) is 6.54 Å². The predicted molar refractivity (Wildman–Crippen MR) is 120 cm³/mol. The van der Waals surface area contributed by atoms with E-state index >= 15 is 0 Å². The van der Waals surface area contributed by atoms with Crippen LogP contribution in [0.3, 0.4) is 0 Å². The first-order chi connectivity index (χ1) is 14.9. The average Bonchev–Trinajstić information content (AvgIpc) is 3.50. The van der Waals surface area contributed by atoms with Gasteiger partial charge in [0.1, 0.15) is 6.04 Å². The van der Waals surface area contributed by atoms with Crippen molar-refractivity contribution in [2.45, 2.75) is 40.3 Å². The molecule has 0 saturated heterocycles. The van der Waals surface area contributed by atoms with Crippen LogP contribution in [0.4, 0.5) is 0 Å². The first kappa shape index (κ1) is 21.0. The maximum absolute atomic E-state index is 13.2. The van der Waals surface area contributed by atoms with Crippen LogP contribution < -0.4 is 5.32 Å². The first-order valence-electron chi connectivity index (χ1n) is 10.2. The van der Waals surface area contributed by atoms with Gasteiger partial charge in [-0.1, -0.05) is 25.1 Å². The van der Waals surface area contributed by atoms with Crippen molar-refractivity contribution >= 4 is 17.2 Å². The summed E-state index contributed by atoms with van der Waals surface area (Å²) in [7, 11) is 0. The van der Waals surface area contributed by atoms with Crippen LogP contribution in [0.5, 0.6) is 0 Å². The second-order valence-electron chi connectivity index (χ2n) is 7.84. The highest BCUT2D eigenvalue weighted by Crippen LogP contribution is 2.25. The molecular formula is C23H25N5O2S. The number of hydrogen-bond donors (Lipinski definition) is 1. The molecular weight excluding hydrogens is 410 g/mol. The lowest BCUT2D eigenvalue weighted by Gasteiger charge is -2.18. The van der Waals surface area contributed by atoms with Crippen molar-refractivity contribution in [3.63, 3.8) is 0 Å². The van der Waals surface area contributed by atoms with Crippen molar-refractivity contribution in [2.75, 3.05) is 0 Å². The number of carbonyl (C=O) groups is 1. The Morgan fingerprint density at radius 1 is 1.26 bits per heavy atom. The second-order valence-corrected chi connectivity index (χ2v) is 8.88. The van der Waals surface area contributed by atoms with Crippen LogP contribution in [0, 0.1) is 19.8 Å². The minimum absolute atomic E-state index is 0.0701. The van der Waals surface area contributed by atoms with Gasteiger partial charge in [0, 0.05) is 34.2 Å². The number of rotatable bonds is 7. The van der Waals surface area contributed by atoms with E-state index in [9.17, 15) is 4.79 Å². The molecule has 0 fully saturated rings. The van der Waals surface area contributed by atoms with E-state index in [1.165, 1.54) is 4.88 Å². The van der Waals surface area contributed by atoms with Gasteiger partial charge in [-0.15, -0.1) is 11.3 Å². The highest BCUT2D eigenvalue weighted by atomic mass is 32.1. The van der Waals surface area contributed by atoms with Gasteiger partial charge in [0.15, 0.2) is 0 Å². The van der Waals surface area contributed by atoms with E-state index < -0.39 is 6.04 Å². The molecule has 1 unspecified atom stereocenters. The van der Waals surface area contributed by atoms with E-state index in [2.05, 4.69) is 36.5 Å². The van der Waals surface area contributed by atoms with Crippen LogP contribution in [0.1, 0.15) is 52.4 Å². The zero-order chi connectivity index (χ0) is 22.0. The summed E-state index contributed by atoms with van der Waals surface area (Å²) in [4.78, 5) is 23.0. The Morgan fingerprint density at radius 3 is 2.77 bits per heavy atom. The Bertz CT molecular complexity index is 1160. The number of hydrogen-bond acceptors (Lipinski definition) is 6. The maximum atomic E-state index is 13.2. The van der Waals surface area contributed by atoms with Crippen LogP contribution in [0.25, 0.3) is 11.4 Å².